The van der Waals surface area contributed by atoms with E-state index in [1.54, 1.807) is 14.2 Å². The number of amides is 3. The van der Waals surface area contributed by atoms with Crippen LogP contribution in [0.5, 0.6) is 0 Å². The summed E-state index contributed by atoms with van der Waals surface area (Å²) in [5.41, 5.74) is 6.18. The Balaban J connectivity index is 0.000000397. The van der Waals surface area contributed by atoms with Crippen molar-refractivity contribution in [3.8, 4) is 11.1 Å². The van der Waals surface area contributed by atoms with Crippen molar-refractivity contribution in [2.45, 2.75) is 64.2 Å². The first-order chi connectivity index (χ1) is 23.7. The molecule has 0 saturated heterocycles. The summed E-state index contributed by atoms with van der Waals surface area (Å²) in [7, 11) is 4.78. The number of rotatable bonds is 22. The molecule has 0 saturated carbocycles. The fourth-order valence-electron chi connectivity index (χ4n) is 5.25. The maximum Gasteiger partial charge on any atom is 0.406 e. The quantitative estimate of drug-likeness (QED) is 0.105. The van der Waals surface area contributed by atoms with Crippen LogP contribution in [0.15, 0.2) is 36.4 Å². The van der Waals surface area contributed by atoms with Crippen LogP contribution in [0, 0.1) is 6.92 Å². The van der Waals surface area contributed by atoms with E-state index < -0.39 is 6.09 Å². The number of carbonyl (C=O) groups excluding carboxylic acids is 4. The minimum absolute atomic E-state index is 0.0377. The summed E-state index contributed by atoms with van der Waals surface area (Å²) in [6.45, 7) is 5.93. The molecule has 0 heterocycles. The monoisotopic (exact) mass is 685 g/mol. The molecule has 0 aliphatic heterocycles. The van der Waals surface area contributed by atoms with Gasteiger partial charge in [0.25, 0.3) is 0 Å². The highest BCUT2D eigenvalue weighted by atomic mass is 16.5. The molecule has 0 bridgehead atoms. The van der Waals surface area contributed by atoms with E-state index in [0.29, 0.717) is 77.2 Å². The first-order valence-corrected chi connectivity index (χ1v) is 17.1. The molecule has 12 heteroatoms. The summed E-state index contributed by atoms with van der Waals surface area (Å²) in [6, 6.07) is 12.1. The van der Waals surface area contributed by atoms with Crippen LogP contribution in [0.3, 0.4) is 0 Å². The molecule has 4 N–H and O–H groups in total. The molecule has 272 valence electrons. The molecule has 0 aromatic heterocycles. The second-order valence-electron chi connectivity index (χ2n) is 11.7. The fourth-order valence-corrected chi connectivity index (χ4v) is 5.25. The number of unbranched alkanes of at least 4 members (excludes halogenated alkanes) is 1. The highest BCUT2D eigenvalue weighted by Crippen LogP contribution is 2.45. The highest BCUT2D eigenvalue weighted by Gasteiger charge is 2.30. The predicted octanol–water partition coefficient (Wildman–Crippen LogP) is 4.29. The van der Waals surface area contributed by atoms with Crippen LogP contribution in [-0.2, 0) is 28.5 Å². The van der Waals surface area contributed by atoms with Gasteiger partial charge in [-0.2, -0.15) is 0 Å². The van der Waals surface area contributed by atoms with E-state index in [-0.39, 0.29) is 36.7 Å². The molecule has 3 amide bonds. The summed E-state index contributed by atoms with van der Waals surface area (Å²) in [6.07, 6.45) is 4.37. The number of ketones is 1. The molecular formula is C37H55N3O9. The number of hydrogen-bond donors (Lipinski definition) is 4. The number of fused-ring (bicyclic) bond motifs is 3. The molecule has 12 nitrogen and oxygen atoms in total. The van der Waals surface area contributed by atoms with Crippen molar-refractivity contribution >= 4 is 23.7 Å². The van der Waals surface area contributed by atoms with Crippen LogP contribution in [0.25, 0.3) is 11.1 Å². The summed E-state index contributed by atoms with van der Waals surface area (Å²) < 4.78 is 21.1. The SMILES string of the molecule is CNC(=O)CCCC(=O)NCCOCCCOC.CNC(=O)OCC1c2cc(C)ccc2-c2ccc(C(=O)CCCOCCCCO)cc21. The molecule has 49 heavy (non-hydrogen) atoms. The van der Waals surface area contributed by atoms with Crippen molar-refractivity contribution in [2.24, 2.45) is 0 Å². The molecule has 1 unspecified atom stereocenters. The second kappa shape index (κ2) is 24.3. The topological polar surface area (TPSA) is 162 Å². The third kappa shape index (κ3) is 15.5. The summed E-state index contributed by atoms with van der Waals surface area (Å²) in [5, 5.41) is 16.5. The van der Waals surface area contributed by atoms with Crippen molar-refractivity contribution < 1.29 is 43.2 Å². The average molecular weight is 686 g/mol. The number of benzene rings is 2. The predicted molar refractivity (Wildman–Crippen MR) is 188 cm³/mol. The molecule has 1 aliphatic carbocycles. The first-order valence-electron chi connectivity index (χ1n) is 17.1. The molecule has 0 spiro atoms. The van der Waals surface area contributed by atoms with Crippen molar-refractivity contribution in [3.63, 3.8) is 0 Å². The van der Waals surface area contributed by atoms with Gasteiger partial charge >= 0.3 is 6.09 Å². The Morgan fingerprint density at radius 2 is 1.41 bits per heavy atom. The molecular weight excluding hydrogens is 630 g/mol. The molecule has 2 aromatic carbocycles. The number of carbonyl (C=O) groups is 4. The van der Waals surface area contributed by atoms with Crippen molar-refractivity contribution in [1.29, 1.82) is 0 Å². The lowest BCUT2D eigenvalue weighted by atomic mass is 9.94. The number of Topliss-reactive ketones (excluding diaryl/α,β-unsaturated/α-hetero) is 1. The van der Waals surface area contributed by atoms with E-state index >= 15 is 0 Å². The number of ether oxygens (including phenoxy) is 4. The largest absolute Gasteiger partial charge is 0.449 e. The lowest BCUT2D eigenvalue weighted by Gasteiger charge is -2.15. The van der Waals surface area contributed by atoms with Crippen LogP contribution >= 0.6 is 0 Å². The fraction of sp³-hybridized carbons (Fsp3) is 0.568. The Labute approximate surface area is 290 Å². The number of hydrogen-bond acceptors (Lipinski definition) is 9. The van der Waals surface area contributed by atoms with Gasteiger partial charge in [0.2, 0.25) is 11.8 Å². The summed E-state index contributed by atoms with van der Waals surface area (Å²) >= 11 is 0. The van der Waals surface area contributed by atoms with E-state index in [1.165, 1.54) is 7.05 Å². The van der Waals surface area contributed by atoms with E-state index in [1.807, 2.05) is 25.1 Å². The molecule has 2 aromatic rings. The standard InChI is InChI=1S/C25H31NO5.C12H24N2O4/c1-17-7-9-19-20-10-8-18(24(28)6-5-13-30-12-4-3-11-27)15-22(20)23(21(19)14-17)16-31-25(29)26-2;1-13-11(15)5-3-6-12(16)14-7-10-18-9-4-8-17-2/h7-10,14-15,23,27H,3-6,11-13,16H2,1-2H3,(H,26,29);3-10H2,1-2H3,(H,13,15)(H,14,16). The number of aliphatic hydroxyl groups is 1. The highest BCUT2D eigenvalue weighted by molar-refractivity contribution is 5.97. The van der Waals surface area contributed by atoms with Gasteiger partial charge in [-0.25, -0.2) is 4.79 Å². The van der Waals surface area contributed by atoms with Crippen LogP contribution in [0.1, 0.15) is 84.3 Å². The zero-order valence-corrected chi connectivity index (χ0v) is 29.6. The van der Waals surface area contributed by atoms with Gasteiger partial charge in [0, 0.05) is 91.5 Å². The lowest BCUT2D eigenvalue weighted by molar-refractivity contribution is -0.122. The second-order valence-corrected chi connectivity index (χ2v) is 11.7. The Hall–Kier alpha value is -3.84. The van der Waals surface area contributed by atoms with E-state index in [0.717, 1.165) is 47.1 Å². The summed E-state index contributed by atoms with van der Waals surface area (Å²) in [4.78, 5) is 46.6. The van der Waals surface area contributed by atoms with Gasteiger partial charge in [-0.15, -0.1) is 0 Å². The first kappa shape index (κ1) is 41.3. The Kier molecular flexibility index (Phi) is 20.5. The van der Waals surface area contributed by atoms with Gasteiger partial charge in [-0.3, -0.25) is 14.4 Å². The van der Waals surface area contributed by atoms with Crippen LogP contribution in [0.2, 0.25) is 0 Å². The maximum atomic E-state index is 12.7. The molecule has 1 aliphatic rings. The average Bonchev–Trinajstić information content (AvgIpc) is 3.41. The van der Waals surface area contributed by atoms with Gasteiger partial charge < -0.3 is 40.0 Å². The number of alkyl carbamates (subject to hydrolysis) is 1. The van der Waals surface area contributed by atoms with E-state index in [9.17, 15) is 19.2 Å². The van der Waals surface area contributed by atoms with Gasteiger partial charge in [-0.1, -0.05) is 35.9 Å². The lowest BCUT2D eigenvalue weighted by Crippen LogP contribution is -2.27. The summed E-state index contributed by atoms with van der Waals surface area (Å²) in [5.74, 6) is -0.0895. The van der Waals surface area contributed by atoms with Gasteiger partial charge in [0.15, 0.2) is 5.78 Å². The van der Waals surface area contributed by atoms with Crippen LogP contribution in [0.4, 0.5) is 4.79 Å². The zero-order chi connectivity index (χ0) is 35.9. The van der Waals surface area contributed by atoms with Crippen molar-refractivity contribution in [1.82, 2.24) is 16.0 Å². The molecule has 1 atom stereocenters. The van der Waals surface area contributed by atoms with Crippen LogP contribution in [-0.4, -0.2) is 103 Å². The minimum Gasteiger partial charge on any atom is -0.449 e. The van der Waals surface area contributed by atoms with E-state index in [2.05, 4.69) is 34.1 Å². The molecule has 0 radical (unpaired) electrons. The maximum absolute atomic E-state index is 12.7. The van der Waals surface area contributed by atoms with Gasteiger partial charge in [-0.05, 0) is 67.3 Å². The molecule has 3 rings (SSSR count). The zero-order valence-electron chi connectivity index (χ0n) is 29.6. The number of methoxy groups -OCH3 is 1. The third-order valence-corrected chi connectivity index (χ3v) is 7.89. The van der Waals surface area contributed by atoms with Crippen molar-refractivity contribution in [3.05, 3.63) is 58.7 Å². The smallest absolute Gasteiger partial charge is 0.406 e. The van der Waals surface area contributed by atoms with E-state index in [4.69, 9.17) is 24.1 Å². The minimum atomic E-state index is -0.464. The van der Waals surface area contributed by atoms with Crippen LogP contribution < -0.4 is 16.0 Å². The number of aliphatic hydroxyl groups excluding tert-OH is 1. The van der Waals surface area contributed by atoms with Crippen molar-refractivity contribution in [2.75, 3.05) is 74.0 Å². The Morgan fingerprint density at radius 3 is 2.12 bits per heavy atom. The Bertz CT molecular complexity index is 1320. The van der Waals surface area contributed by atoms with Gasteiger partial charge in [0.1, 0.15) is 6.61 Å². The third-order valence-electron chi connectivity index (χ3n) is 7.89. The number of nitrogens with one attached hydrogen (secondary N) is 3. The Morgan fingerprint density at radius 1 is 0.735 bits per heavy atom. The normalized spacial score (nSPS) is 12.6. The molecule has 0 fully saturated rings. The van der Waals surface area contributed by atoms with Gasteiger partial charge in [0.05, 0.1) is 6.61 Å². The number of aryl methyl sites for hydroxylation is 1.